The Morgan fingerprint density at radius 2 is 2.12 bits per heavy atom. The minimum Gasteiger partial charge on any atom is -0.309 e. The summed E-state index contributed by atoms with van der Waals surface area (Å²) in [5.41, 5.74) is 5.97. The predicted octanol–water partition coefficient (Wildman–Crippen LogP) is 2.44. The highest BCUT2D eigenvalue weighted by Crippen LogP contribution is 2.19. The molecule has 2 aliphatic rings. The highest BCUT2D eigenvalue weighted by Gasteiger charge is 2.13. The highest BCUT2D eigenvalue weighted by atomic mass is 15.1. The van der Waals surface area contributed by atoms with Crippen molar-refractivity contribution in [2.24, 2.45) is 0 Å². The molecule has 0 bridgehead atoms. The van der Waals surface area contributed by atoms with Gasteiger partial charge in [-0.05, 0) is 30.0 Å². The van der Waals surface area contributed by atoms with Crippen LogP contribution >= 0.6 is 0 Å². The fourth-order valence-corrected chi connectivity index (χ4v) is 2.66. The van der Waals surface area contributed by atoms with Crippen LogP contribution < -0.4 is 5.32 Å². The first-order valence-electron chi connectivity index (χ1n) is 6.50. The van der Waals surface area contributed by atoms with Crippen LogP contribution in [-0.4, -0.2) is 18.0 Å². The van der Waals surface area contributed by atoms with Gasteiger partial charge in [-0.1, -0.05) is 29.8 Å². The molecule has 1 aromatic rings. The van der Waals surface area contributed by atoms with Crippen LogP contribution in [0.5, 0.6) is 0 Å². The summed E-state index contributed by atoms with van der Waals surface area (Å²) in [4.78, 5) is 2.52. The Kier molecular flexibility index (Phi) is 3.00. The van der Waals surface area contributed by atoms with Crippen LogP contribution in [0.1, 0.15) is 30.0 Å². The Morgan fingerprint density at radius 1 is 1.24 bits per heavy atom. The molecule has 0 saturated heterocycles. The van der Waals surface area contributed by atoms with Gasteiger partial charge in [0.05, 0.1) is 0 Å². The average molecular weight is 228 g/mol. The normalized spacial score (nSPS) is 20.2. The Hall–Kier alpha value is -1.12. The van der Waals surface area contributed by atoms with Gasteiger partial charge in [-0.3, -0.25) is 4.90 Å². The predicted molar refractivity (Wildman–Crippen MR) is 70.6 cm³/mol. The van der Waals surface area contributed by atoms with Crippen molar-refractivity contribution in [2.75, 3.05) is 13.1 Å². The zero-order chi connectivity index (χ0) is 11.7. The Bertz CT molecular complexity index is 448. The zero-order valence-electron chi connectivity index (χ0n) is 10.5. The molecular formula is C15H20N2. The van der Waals surface area contributed by atoms with Gasteiger partial charge in [-0.15, -0.1) is 0 Å². The molecule has 0 aliphatic carbocycles. The van der Waals surface area contributed by atoms with Gasteiger partial charge in [-0.2, -0.15) is 0 Å². The van der Waals surface area contributed by atoms with Crippen LogP contribution in [-0.2, 0) is 19.6 Å². The van der Waals surface area contributed by atoms with Gasteiger partial charge in [0.25, 0.3) is 0 Å². The first-order valence-corrected chi connectivity index (χ1v) is 6.50. The van der Waals surface area contributed by atoms with Crippen LogP contribution in [0, 0.1) is 0 Å². The van der Waals surface area contributed by atoms with Gasteiger partial charge >= 0.3 is 0 Å². The van der Waals surface area contributed by atoms with Gasteiger partial charge < -0.3 is 5.32 Å². The first-order chi connectivity index (χ1) is 8.31. The molecule has 0 unspecified atom stereocenters. The second-order valence-electron chi connectivity index (χ2n) is 5.24. The van der Waals surface area contributed by atoms with E-state index in [1.807, 2.05) is 0 Å². The van der Waals surface area contributed by atoms with E-state index in [4.69, 9.17) is 0 Å². The van der Waals surface area contributed by atoms with Crippen LogP contribution in [0.2, 0.25) is 0 Å². The van der Waals surface area contributed by atoms with E-state index >= 15 is 0 Å². The lowest BCUT2D eigenvalue weighted by molar-refractivity contribution is 0.286. The summed E-state index contributed by atoms with van der Waals surface area (Å²) in [6.45, 7) is 7.73. The largest absolute Gasteiger partial charge is 0.309 e. The minimum atomic E-state index is 1.04. The molecule has 0 amide bonds. The molecule has 2 nitrogen and oxygen atoms in total. The lowest BCUT2D eigenvalue weighted by Crippen LogP contribution is -2.27. The number of nitrogens with one attached hydrogen (secondary N) is 1. The Balaban J connectivity index is 1.69. The van der Waals surface area contributed by atoms with E-state index in [1.165, 1.54) is 29.7 Å². The summed E-state index contributed by atoms with van der Waals surface area (Å²) >= 11 is 0. The van der Waals surface area contributed by atoms with Crippen molar-refractivity contribution in [1.29, 1.82) is 0 Å². The van der Waals surface area contributed by atoms with E-state index < -0.39 is 0 Å². The molecule has 2 heteroatoms. The Morgan fingerprint density at radius 3 is 2.94 bits per heavy atom. The van der Waals surface area contributed by atoms with E-state index in [0.29, 0.717) is 0 Å². The van der Waals surface area contributed by atoms with Crippen LogP contribution in [0.4, 0.5) is 0 Å². The molecule has 3 rings (SSSR count). The summed E-state index contributed by atoms with van der Waals surface area (Å²) < 4.78 is 0. The molecule has 2 aliphatic heterocycles. The number of hydrogen-bond donors (Lipinski definition) is 1. The quantitative estimate of drug-likeness (QED) is 0.782. The molecule has 2 heterocycles. The fourth-order valence-electron chi connectivity index (χ4n) is 2.66. The SMILES string of the molecule is CC1=CCN(Cc2ccc3c(c2)CNC3)CC1. The van der Waals surface area contributed by atoms with Gasteiger partial charge in [0.2, 0.25) is 0 Å². The minimum absolute atomic E-state index is 1.04. The maximum Gasteiger partial charge on any atom is 0.0237 e. The molecule has 1 aromatic carbocycles. The first kappa shape index (κ1) is 11.0. The third kappa shape index (κ3) is 2.43. The molecular weight excluding hydrogens is 208 g/mol. The maximum atomic E-state index is 3.40. The molecule has 0 spiro atoms. The molecule has 0 fully saturated rings. The third-order valence-corrected chi connectivity index (χ3v) is 3.83. The monoisotopic (exact) mass is 228 g/mol. The van der Waals surface area contributed by atoms with Crippen molar-refractivity contribution >= 4 is 0 Å². The van der Waals surface area contributed by atoms with Crippen LogP contribution in [0.25, 0.3) is 0 Å². The lowest BCUT2D eigenvalue weighted by Gasteiger charge is -2.25. The summed E-state index contributed by atoms with van der Waals surface area (Å²) in [5.74, 6) is 0. The number of fused-ring (bicyclic) bond motifs is 1. The van der Waals surface area contributed by atoms with E-state index in [0.717, 1.165) is 26.2 Å². The molecule has 0 saturated carbocycles. The van der Waals surface area contributed by atoms with Crippen LogP contribution in [0.15, 0.2) is 29.8 Å². The molecule has 1 N–H and O–H groups in total. The topological polar surface area (TPSA) is 15.3 Å². The summed E-state index contributed by atoms with van der Waals surface area (Å²) in [6, 6.07) is 6.95. The molecule has 17 heavy (non-hydrogen) atoms. The van der Waals surface area contributed by atoms with Gasteiger partial charge in [-0.25, -0.2) is 0 Å². The fraction of sp³-hybridized carbons (Fsp3) is 0.467. The number of hydrogen-bond acceptors (Lipinski definition) is 2. The lowest BCUT2D eigenvalue weighted by atomic mass is 10.0. The molecule has 90 valence electrons. The van der Waals surface area contributed by atoms with Gasteiger partial charge in [0.15, 0.2) is 0 Å². The van der Waals surface area contributed by atoms with E-state index in [9.17, 15) is 0 Å². The summed E-state index contributed by atoms with van der Waals surface area (Å²) in [6.07, 6.45) is 3.59. The van der Waals surface area contributed by atoms with Crippen molar-refractivity contribution in [3.8, 4) is 0 Å². The van der Waals surface area contributed by atoms with E-state index in [1.54, 1.807) is 5.57 Å². The maximum absolute atomic E-state index is 3.40. The second-order valence-corrected chi connectivity index (χ2v) is 5.24. The third-order valence-electron chi connectivity index (χ3n) is 3.83. The van der Waals surface area contributed by atoms with Crippen LogP contribution in [0.3, 0.4) is 0 Å². The molecule has 0 atom stereocenters. The molecule has 0 radical (unpaired) electrons. The van der Waals surface area contributed by atoms with E-state index in [2.05, 4.69) is 41.4 Å². The summed E-state index contributed by atoms with van der Waals surface area (Å²) in [7, 11) is 0. The van der Waals surface area contributed by atoms with Crippen molar-refractivity contribution in [2.45, 2.75) is 33.0 Å². The summed E-state index contributed by atoms with van der Waals surface area (Å²) in [5, 5.41) is 3.40. The second kappa shape index (κ2) is 4.63. The van der Waals surface area contributed by atoms with Crippen molar-refractivity contribution < 1.29 is 0 Å². The van der Waals surface area contributed by atoms with Crippen molar-refractivity contribution in [3.63, 3.8) is 0 Å². The van der Waals surface area contributed by atoms with Crippen molar-refractivity contribution in [3.05, 3.63) is 46.5 Å². The van der Waals surface area contributed by atoms with Gasteiger partial charge in [0, 0.05) is 32.7 Å². The number of nitrogens with zero attached hydrogens (tertiary/aromatic N) is 1. The smallest absolute Gasteiger partial charge is 0.0237 e. The van der Waals surface area contributed by atoms with E-state index in [-0.39, 0.29) is 0 Å². The van der Waals surface area contributed by atoms with Crippen molar-refractivity contribution in [1.82, 2.24) is 10.2 Å². The van der Waals surface area contributed by atoms with Gasteiger partial charge in [0.1, 0.15) is 0 Å². The highest BCUT2D eigenvalue weighted by molar-refractivity contribution is 5.34. The molecule has 0 aromatic heterocycles. The number of benzene rings is 1. The number of rotatable bonds is 2. The Labute approximate surface area is 103 Å². The average Bonchev–Trinajstić information content (AvgIpc) is 2.79. The standard InChI is InChI=1S/C15H20N2/c1-12-4-6-17(7-5-12)11-13-2-3-14-9-16-10-15(14)8-13/h2-4,8,16H,5-7,9-11H2,1H3. The zero-order valence-corrected chi connectivity index (χ0v) is 10.5.